The van der Waals surface area contributed by atoms with Crippen LogP contribution in [0, 0.1) is 5.92 Å². The van der Waals surface area contributed by atoms with Crippen molar-refractivity contribution in [2.24, 2.45) is 5.92 Å². The summed E-state index contributed by atoms with van der Waals surface area (Å²) in [6, 6.07) is 3.83. The Morgan fingerprint density at radius 1 is 1.25 bits per heavy atom. The lowest BCUT2D eigenvalue weighted by Crippen LogP contribution is -2.18. The Morgan fingerprint density at radius 2 is 1.95 bits per heavy atom. The van der Waals surface area contributed by atoms with Gasteiger partial charge in [0.2, 0.25) is 0 Å². The van der Waals surface area contributed by atoms with Gasteiger partial charge in [0.1, 0.15) is 0 Å². The van der Waals surface area contributed by atoms with Gasteiger partial charge in [-0.2, -0.15) is 0 Å². The smallest absolute Gasteiger partial charge is 0.0585 e. The Balaban J connectivity index is 2.00. The normalized spacial score (nSPS) is 15.4. The molecule has 1 fully saturated rings. The van der Waals surface area contributed by atoms with Gasteiger partial charge in [-0.25, -0.2) is 0 Å². The summed E-state index contributed by atoms with van der Waals surface area (Å²) >= 11 is 14.6. The molecule has 0 atom stereocenters. The molecule has 2 aromatic rings. The Labute approximate surface area is 134 Å². The topological polar surface area (TPSA) is 12.0 Å². The molecule has 1 saturated carbocycles. The van der Waals surface area contributed by atoms with Crippen LogP contribution in [0.5, 0.6) is 0 Å². The molecule has 1 nitrogen and oxygen atoms in total. The average molecular weight is 328 g/mol. The highest BCUT2D eigenvalue weighted by molar-refractivity contribution is 7.20. The fourth-order valence-electron chi connectivity index (χ4n) is 2.61. The summed E-state index contributed by atoms with van der Waals surface area (Å²) in [5.74, 6) is 1.36. The third-order valence-corrected chi connectivity index (χ3v) is 5.66. The Bertz CT molecular complexity index is 629. The van der Waals surface area contributed by atoms with Crippen molar-refractivity contribution in [1.29, 1.82) is 0 Å². The first-order valence-electron chi connectivity index (χ1n) is 7.18. The van der Waals surface area contributed by atoms with Gasteiger partial charge < -0.3 is 5.32 Å². The van der Waals surface area contributed by atoms with Gasteiger partial charge in [-0.3, -0.25) is 0 Å². The number of nitrogens with one attached hydrogen (secondary N) is 1. The van der Waals surface area contributed by atoms with E-state index in [4.69, 9.17) is 23.2 Å². The maximum atomic E-state index is 6.43. The van der Waals surface area contributed by atoms with Gasteiger partial charge in [-0.1, -0.05) is 37.0 Å². The van der Waals surface area contributed by atoms with Crippen molar-refractivity contribution in [2.75, 3.05) is 6.54 Å². The Kier molecular flexibility index (Phi) is 4.28. The van der Waals surface area contributed by atoms with E-state index in [1.807, 2.05) is 12.1 Å². The highest BCUT2D eigenvalue weighted by Crippen LogP contribution is 2.51. The summed E-state index contributed by atoms with van der Waals surface area (Å²) in [5.41, 5.74) is 1.45. The van der Waals surface area contributed by atoms with E-state index in [9.17, 15) is 0 Å². The minimum atomic E-state index is 0.668. The first-order chi connectivity index (χ1) is 9.58. The highest BCUT2D eigenvalue weighted by Gasteiger charge is 2.30. The molecule has 0 aliphatic heterocycles. The maximum Gasteiger partial charge on any atom is 0.0585 e. The van der Waals surface area contributed by atoms with Crippen LogP contribution in [-0.2, 0) is 6.54 Å². The molecular weight excluding hydrogens is 309 g/mol. The van der Waals surface area contributed by atoms with Crippen LogP contribution in [0.15, 0.2) is 12.1 Å². The third kappa shape index (κ3) is 2.85. The lowest BCUT2D eigenvalue weighted by molar-refractivity contribution is 0.554. The summed E-state index contributed by atoms with van der Waals surface area (Å²) < 4.78 is 1.16. The molecule has 0 spiro atoms. The molecule has 0 bridgehead atoms. The molecule has 3 rings (SSSR count). The summed E-state index contributed by atoms with van der Waals surface area (Å²) in [6.07, 6.45) is 2.57. The summed E-state index contributed by atoms with van der Waals surface area (Å²) in [5, 5.41) is 6.42. The number of hydrogen-bond acceptors (Lipinski definition) is 2. The molecular formula is C16H19Cl2NS. The number of rotatable bonds is 5. The third-order valence-electron chi connectivity index (χ3n) is 3.68. The second-order valence-electron chi connectivity index (χ2n) is 5.97. The Hall–Kier alpha value is -0.280. The largest absolute Gasteiger partial charge is 0.312 e. The zero-order valence-electron chi connectivity index (χ0n) is 11.8. The van der Waals surface area contributed by atoms with E-state index in [2.05, 4.69) is 19.2 Å². The fourth-order valence-corrected chi connectivity index (χ4v) is 4.49. The van der Waals surface area contributed by atoms with Crippen LogP contribution in [0.3, 0.4) is 0 Å². The zero-order chi connectivity index (χ0) is 14.3. The molecule has 0 amide bonds. The van der Waals surface area contributed by atoms with Gasteiger partial charge in [0.25, 0.3) is 0 Å². The first kappa shape index (κ1) is 14.6. The van der Waals surface area contributed by atoms with E-state index in [0.29, 0.717) is 11.8 Å². The SMILES string of the molecule is CC(C)CNCc1sc2c(Cl)ccc(Cl)c2c1C1CC1. The number of fused-ring (bicyclic) bond motifs is 1. The minimum absolute atomic E-state index is 0.668. The van der Waals surface area contributed by atoms with Gasteiger partial charge in [0.15, 0.2) is 0 Å². The first-order valence-corrected chi connectivity index (χ1v) is 8.75. The van der Waals surface area contributed by atoms with Crippen LogP contribution in [0.4, 0.5) is 0 Å². The predicted octanol–water partition coefficient (Wildman–Crippen LogP) is 5.83. The molecule has 108 valence electrons. The van der Waals surface area contributed by atoms with Crippen LogP contribution in [0.1, 0.15) is 43.0 Å². The molecule has 0 saturated heterocycles. The van der Waals surface area contributed by atoms with Crippen LogP contribution in [0.2, 0.25) is 10.0 Å². The monoisotopic (exact) mass is 327 g/mol. The average Bonchev–Trinajstić information content (AvgIpc) is 3.15. The van der Waals surface area contributed by atoms with Gasteiger partial charge in [0, 0.05) is 21.8 Å². The minimum Gasteiger partial charge on any atom is -0.312 e. The molecule has 20 heavy (non-hydrogen) atoms. The fraction of sp³-hybridized carbons (Fsp3) is 0.500. The van der Waals surface area contributed by atoms with Crippen LogP contribution in [0.25, 0.3) is 10.1 Å². The molecule has 4 heteroatoms. The van der Waals surface area contributed by atoms with Gasteiger partial charge >= 0.3 is 0 Å². The second kappa shape index (κ2) is 5.84. The van der Waals surface area contributed by atoms with Gasteiger partial charge in [-0.15, -0.1) is 11.3 Å². The highest BCUT2D eigenvalue weighted by atomic mass is 35.5. The summed E-state index contributed by atoms with van der Waals surface area (Å²) in [4.78, 5) is 1.41. The molecule has 1 aliphatic rings. The molecule has 1 aromatic heterocycles. The molecule has 1 aromatic carbocycles. The van der Waals surface area contributed by atoms with E-state index >= 15 is 0 Å². The maximum absolute atomic E-state index is 6.43. The predicted molar refractivity (Wildman–Crippen MR) is 90.4 cm³/mol. The van der Waals surface area contributed by atoms with Crippen molar-refractivity contribution in [2.45, 2.75) is 39.2 Å². The van der Waals surface area contributed by atoms with E-state index < -0.39 is 0 Å². The van der Waals surface area contributed by atoms with Crippen LogP contribution < -0.4 is 5.32 Å². The van der Waals surface area contributed by atoms with Gasteiger partial charge in [0.05, 0.1) is 9.72 Å². The number of halogens is 2. The lowest BCUT2D eigenvalue weighted by Gasteiger charge is -2.08. The van der Waals surface area contributed by atoms with Crippen molar-refractivity contribution >= 4 is 44.6 Å². The van der Waals surface area contributed by atoms with Crippen molar-refractivity contribution < 1.29 is 0 Å². The standard InChI is InChI=1S/C16H19Cl2NS/c1-9(2)7-19-8-13-14(10-3-4-10)15-11(17)5-6-12(18)16(15)20-13/h5-6,9-10,19H,3-4,7-8H2,1-2H3. The van der Waals surface area contributed by atoms with E-state index in [1.54, 1.807) is 11.3 Å². The number of thiophene rings is 1. The molecule has 1 N–H and O–H groups in total. The molecule has 1 aliphatic carbocycles. The van der Waals surface area contributed by atoms with Crippen molar-refractivity contribution in [3.05, 3.63) is 32.6 Å². The van der Waals surface area contributed by atoms with Crippen molar-refractivity contribution in [3.8, 4) is 0 Å². The summed E-state index contributed by atoms with van der Waals surface area (Å²) in [7, 11) is 0. The van der Waals surface area contributed by atoms with E-state index in [0.717, 1.165) is 27.8 Å². The van der Waals surface area contributed by atoms with Gasteiger partial charge in [-0.05, 0) is 48.9 Å². The van der Waals surface area contributed by atoms with E-state index in [-0.39, 0.29) is 0 Å². The van der Waals surface area contributed by atoms with E-state index in [1.165, 1.54) is 28.7 Å². The zero-order valence-corrected chi connectivity index (χ0v) is 14.1. The Morgan fingerprint density at radius 3 is 2.60 bits per heavy atom. The quantitative estimate of drug-likeness (QED) is 0.728. The molecule has 1 heterocycles. The molecule has 0 unspecified atom stereocenters. The van der Waals surface area contributed by atoms with Crippen LogP contribution >= 0.6 is 34.5 Å². The summed E-state index contributed by atoms with van der Waals surface area (Å²) in [6.45, 7) is 6.43. The van der Waals surface area contributed by atoms with Crippen LogP contribution in [-0.4, -0.2) is 6.54 Å². The lowest BCUT2D eigenvalue weighted by atomic mass is 10.1. The molecule has 0 radical (unpaired) electrons. The number of hydrogen-bond donors (Lipinski definition) is 1. The van der Waals surface area contributed by atoms with Crippen molar-refractivity contribution in [3.63, 3.8) is 0 Å². The number of benzene rings is 1. The van der Waals surface area contributed by atoms with Crippen molar-refractivity contribution in [1.82, 2.24) is 5.32 Å². The second-order valence-corrected chi connectivity index (χ2v) is 7.89.